The van der Waals surface area contributed by atoms with Crippen LogP contribution in [-0.4, -0.2) is 65.4 Å². The van der Waals surface area contributed by atoms with E-state index in [0.717, 1.165) is 18.6 Å². The lowest BCUT2D eigenvalue weighted by Gasteiger charge is -2.25. The summed E-state index contributed by atoms with van der Waals surface area (Å²) in [5.41, 5.74) is 0. The predicted octanol–water partition coefficient (Wildman–Crippen LogP) is 1.29. The number of hydrogen-bond donors (Lipinski definition) is 2. The molecule has 1 aliphatic rings. The number of nitrogens with one attached hydrogen (secondary N) is 2. The molecule has 0 aliphatic heterocycles. The lowest BCUT2D eigenvalue weighted by Crippen LogP contribution is -2.44. The largest absolute Gasteiger partial charge is 0.492 e. The fraction of sp³-hybridized carbons (Fsp3) is 0.611. The van der Waals surface area contributed by atoms with Crippen molar-refractivity contribution < 1.29 is 13.2 Å². The molecule has 2 N–H and O–H groups in total. The number of guanidine groups is 1. The van der Waals surface area contributed by atoms with Crippen LogP contribution in [0.25, 0.3) is 0 Å². The van der Waals surface area contributed by atoms with E-state index >= 15 is 0 Å². The predicted molar refractivity (Wildman–Crippen MR) is 105 cm³/mol. The first-order chi connectivity index (χ1) is 12.5. The van der Waals surface area contributed by atoms with Gasteiger partial charge in [-0.3, -0.25) is 4.99 Å². The van der Waals surface area contributed by atoms with E-state index in [1.807, 2.05) is 42.3 Å². The summed E-state index contributed by atoms with van der Waals surface area (Å²) < 4.78 is 32.4. The first kappa shape index (κ1) is 20.5. The standard InChI is InChI=1S/C18H30N4O3S/c1-19-18(22(2)12-13-25-17-9-4-3-5-10-17)20-11-14-26(23,24)21-15-16-7-6-8-16/h3-5,9-10,16,21H,6-8,11-15H2,1-2H3,(H,19,20). The molecule has 7 nitrogen and oxygen atoms in total. The molecule has 1 saturated carbocycles. The van der Waals surface area contributed by atoms with Crippen LogP contribution in [-0.2, 0) is 10.0 Å². The van der Waals surface area contributed by atoms with Gasteiger partial charge in [0.15, 0.2) is 5.96 Å². The minimum absolute atomic E-state index is 0.0348. The van der Waals surface area contributed by atoms with Crippen molar-refractivity contribution in [1.82, 2.24) is 14.9 Å². The number of rotatable bonds is 10. The van der Waals surface area contributed by atoms with Crippen LogP contribution in [0.4, 0.5) is 0 Å². The molecule has 1 fully saturated rings. The molecule has 146 valence electrons. The molecule has 0 radical (unpaired) electrons. The third-order valence-corrected chi connectivity index (χ3v) is 5.83. The van der Waals surface area contributed by atoms with Crippen LogP contribution in [0, 0.1) is 5.92 Å². The fourth-order valence-corrected chi connectivity index (χ4v) is 3.62. The molecule has 2 rings (SSSR count). The summed E-state index contributed by atoms with van der Waals surface area (Å²) in [4.78, 5) is 6.10. The van der Waals surface area contributed by atoms with Gasteiger partial charge in [0.25, 0.3) is 0 Å². The number of likely N-dealkylation sites (N-methyl/N-ethyl adjacent to an activating group) is 1. The molecule has 0 amide bonds. The number of para-hydroxylation sites is 1. The highest BCUT2D eigenvalue weighted by Crippen LogP contribution is 2.25. The SMILES string of the molecule is CN=C(NCCS(=O)(=O)NCC1CCC1)N(C)CCOc1ccccc1. The van der Waals surface area contributed by atoms with Gasteiger partial charge in [0.05, 0.1) is 12.3 Å². The summed E-state index contributed by atoms with van der Waals surface area (Å²) in [5, 5.41) is 3.09. The summed E-state index contributed by atoms with van der Waals surface area (Å²) in [6.45, 7) is 2.04. The van der Waals surface area contributed by atoms with Crippen LogP contribution in [0.3, 0.4) is 0 Å². The number of nitrogens with zero attached hydrogens (tertiary/aromatic N) is 2. The van der Waals surface area contributed by atoms with Crippen molar-refractivity contribution in [2.45, 2.75) is 19.3 Å². The van der Waals surface area contributed by atoms with E-state index in [1.165, 1.54) is 6.42 Å². The second kappa shape index (κ2) is 10.4. The van der Waals surface area contributed by atoms with Gasteiger partial charge in [-0.25, -0.2) is 13.1 Å². The molecular weight excluding hydrogens is 352 g/mol. The zero-order chi connectivity index (χ0) is 18.8. The fourth-order valence-electron chi connectivity index (χ4n) is 2.62. The second-order valence-corrected chi connectivity index (χ2v) is 8.45. The minimum Gasteiger partial charge on any atom is -0.492 e. The van der Waals surface area contributed by atoms with Crippen LogP contribution >= 0.6 is 0 Å². The molecule has 0 heterocycles. The third-order valence-electron chi connectivity index (χ3n) is 4.48. The van der Waals surface area contributed by atoms with Crippen molar-refractivity contribution in [3.8, 4) is 5.75 Å². The number of hydrogen-bond acceptors (Lipinski definition) is 4. The highest BCUT2D eigenvalue weighted by atomic mass is 32.2. The average molecular weight is 383 g/mol. The van der Waals surface area contributed by atoms with Gasteiger partial charge in [0, 0.05) is 27.2 Å². The van der Waals surface area contributed by atoms with Gasteiger partial charge in [-0.2, -0.15) is 0 Å². The molecule has 0 aromatic heterocycles. The Morgan fingerprint density at radius 3 is 2.65 bits per heavy atom. The first-order valence-electron chi connectivity index (χ1n) is 9.07. The maximum absolute atomic E-state index is 12.0. The Balaban J connectivity index is 1.65. The van der Waals surface area contributed by atoms with Crippen LogP contribution in [0.1, 0.15) is 19.3 Å². The average Bonchev–Trinajstić information content (AvgIpc) is 2.58. The van der Waals surface area contributed by atoms with Gasteiger partial charge in [0.1, 0.15) is 12.4 Å². The Labute approximate surface area is 156 Å². The molecule has 0 saturated heterocycles. The van der Waals surface area contributed by atoms with Gasteiger partial charge >= 0.3 is 0 Å². The lowest BCUT2D eigenvalue weighted by molar-refractivity contribution is 0.281. The molecule has 26 heavy (non-hydrogen) atoms. The van der Waals surface area contributed by atoms with Crippen molar-refractivity contribution in [2.24, 2.45) is 10.9 Å². The van der Waals surface area contributed by atoms with Crippen LogP contribution in [0.5, 0.6) is 5.75 Å². The minimum atomic E-state index is -3.25. The Kier molecular flexibility index (Phi) is 8.18. The van der Waals surface area contributed by atoms with Crippen LogP contribution in [0.2, 0.25) is 0 Å². The molecule has 0 bridgehead atoms. The van der Waals surface area contributed by atoms with Gasteiger partial charge in [-0.05, 0) is 30.9 Å². The Hall–Kier alpha value is -1.80. The first-order valence-corrected chi connectivity index (χ1v) is 10.7. The molecule has 0 spiro atoms. The molecule has 0 atom stereocenters. The Bertz CT molecular complexity index is 660. The molecular formula is C18H30N4O3S. The Morgan fingerprint density at radius 1 is 1.31 bits per heavy atom. The third kappa shape index (κ3) is 7.21. The highest BCUT2D eigenvalue weighted by Gasteiger charge is 2.20. The van der Waals surface area contributed by atoms with Crippen molar-refractivity contribution in [1.29, 1.82) is 0 Å². The number of ether oxygens (including phenoxy) is 1. The van der Waals surface area contributed by atoms with Crippen molar-refractivity contribution in [2.75, 3.05) is 46.1 Å². The van der Waals surface area contributed by atoms with E-state index in [1.54, 1.807) is 7.05 Å². The topological polar surface area (TPSA) is 83.0 Å². The van der Waals surface area contributed by atoms with E-state index < -0.39 is 10.0 Å². The molecule has 8 heteroatoms. The summed E-state index contributed by atoms with van der Waals surface area (Å²) in [7, 11) is 0.331. The van der Waals surface area contributed by atoms with E-state index in [0.29, 0.717) is 38.1 Å². The quantitative estimate of drug-likeness (QED) is 0.471. The normalized spacial score (nSPS) is 15.4. The van der Waals surface area contributed by atoms with Gasteiger partial charge < -0.3 is 15.0 Å². The van der Waals surface area contributed by atoms with Crippen molar-refractivity contribution in [3.63, 3.8) is 0 Å². The van der Waals surface area contributed by atoms with Crippen molar-refractivity contribution >= 4 is 16.0 Å². The van der Waals surface area contributed by atoms with Gasteiger partial charge in [0.2, 0.25) is 10.0 Å². The summed E-state index contributed by atoms with van der Waals surface area (Å²) in [5.74, 6) is 2.03. The number of benzene rings is 1. The van der Waals surface area contributed by atoms with Crippen LogP contribution < -0.4 is 14.8 Å². The van der Waals surface area contributed by atoms with Crippen LogP contribution in [0.15, 0.2) is 35.3 Å². The summed E-state index contributed by atoms with van der Waals surface area (Å²) in [6.07, 6.45) is 3.47. The lowest BCUT2D eigenvalue weighted by atomic mass is 9.86. The van der Waals surface area contributed by atoms with E-state index in [9.17, 15) is 8.42 Å². The zero-order valence-electron chi connectivity index (χ0n) is 15.6. The van der Waals surface area contributed by atoms with E-state index in [-0.39, 0.29) is 5.75 Å². The second-order valence-electron chi connectivity index (χ2n) is 6.52. The maximum atomic E-state index is 12.0. The molecule has 1 aromatic carbocycles. The van der Waals surface area contributed by atoms with Gasteiger partial charge in [-0.1, -0.05) is 24.6 Å². The van der Waals surface area contributed by atoms with E-state index in [2.05, 4.69) is 15.0 Å². The molecule has 1 aromatic rings. The van der Waals surface area contributed by atoms with Crippen molar-refractivity contribution in [3.05, 3.63) is 30.3 Å². The molecule has 1 aliphatic carbocycles. The zero-order valence-corrected chi connectivity index (χ0v) is 16.5. The Morgan fingerprint density at radius 2 is 2.04 bits per heavy atom. The van der Waals surface area contributed by atoms with E-state index in [4.69, 9.17) is 4.74 Å². The number of sulfonamides is 1. The summed E-state index contributed by atoms with van der Waals surface area (Å²) >= 11 is 0. The monoisotopic (exact) mass is 382 g/mol. The molecule has 0 unspecified atom stereocenters. The highest BCUT2D eigenvalue weighted by molar-refractivity contribution is 7.89. The van der Waals surface area contributed by atoms with Gasteiger partial charge in [-0.15, -0.1) is 0 Å². The smallest absolute Gasteiger partial charge is 0.213 e. The maximum Gasteiger partial charge on any atom is 0.213 e. The number of aliphatic imine (C=N–C) groups is 1. The summed E-state index contributed by atoms with van der Waals surface area (Å²) in [6, 6.07) is 9.63.